The monoisotopic (exact) mass is 310 g/mol. The second kappa shape index (κ2) is 6.91. The van der Waals surface area contributed by atoms with Crippen molar-refractivity contribution in [2.45, 2.75) is 38.0 Å². The van der Waals surface area contributed by atoms with Gasteiger partial charge in [0.1, 0.15) is 12.1 Å². The Morgan fingerprint density at radius 2 is 2.10 bits per heavy atom. The van der Waals surface area contributed by atoms with Gasteiger partial charge in [0, 0.05) is 18.6 Å². The van der Waals surface area contributed by atoms with E-state index in [1.165, 1.54) is 0 Å². The van der Waals surface area contributed by atoms with Gasteiger partial charge in [-0.15, -0.1) is 0 Å². The van der Waals surface area contributed by atoms with E-state index in [1.807, 2.05) is 19.1 Å². The summed E-state index contributed by atoms with van der Waals surface area (Å²) in [5.74, 6) is -0.256. The molecule has 1 aromatic rings. The van der Waals surface area contributed by atoms with Crippen molar-refractivity contribution in [1.82, 2.24) is 10.6 Å². The number of halogens is 1. The number of carbonyl (C=O) groups is 2. The lowest BCUT2D eigenvalue weighted by Crippen LogP contribution is -2.47. The summed E-state index contributed by atoms with van der Waals surface area (Å²) < 4.78 is 5.48. The van der Waals surface area contributed by atoms with Gasteiger partial charge >= 0.3 is 0 Å². The summed E-state index contributed by atoms with van der Waals surface area (Å²) in [5.41, 5.74) is 0.935. The van der Waals surface area contributed by atoms with Crippen molar-refractivity contribution in [2.24, 2.45) is 0 Å². The van der Waals surface area contributed by atoms with Gasteiger partial charge in [-0.05, 0) is 31.0 Å². The maximum absolute atomic E-state index is 12.1. The first kappa shape index (κ1) is 15.8. The molecule has 1 heterocycles. The van der Waals surface area contributed by atoms with Crippen LogP contribution in [-0.4, -0.2) is 31.0 Å². The molecular weight excluding hydrogens is 292 g/mol. The van der Waals surface area contributed by atoms with Crippen molar-refractivity contribution in [3.63, 3.8) is 0 Å². The zero-order valence-corrected chi connectivity index (χ0v) is 12.8. The van der Waals surface area contributed by atoms with E-state index in [1.54, 1.807) is 19.2 Å². The third-order valence-electron chi connectivity index (χ3n) is 3.59. The molecule has 0 aliphatic carbocycles. The van der Waals surface area contributed by atoms with Crippen LogP contribution in [0.2, 0.25) is 5.02 Å². The van der Waals surface area contributed by atoms with Gasteiger partial charge in [0.15, 0.2) is 0 Å². The van der Waals surface area contributed by atoms with Crippen molar-refractivity contribution in [1.29, 1.82) is 0 Å². The molecule has 5 nitrogen and oxygen atoms in total. The van der Waals surface area contributed by atoms with Crippen LogP contribution >= 0.6 is 11.6 Å². The Bertz CT molecular complexity index is 518. The molecule has 1 aliphatic rings. The number of hydrogen-bond donors (Lipinski definition) is 2. The average molecular weight is 311 g/mol. The third kappa shape index (κ3) is 3.95. The molecule has 0 saturated carbocycles. The Balaban J connectivity index is 1.99. The number of ether oxygens (including phenoxy) is 1. The number of carbonyl (C=O) groups excluding carboxylic acids is 2. The molecule has 1 aromatic carbocycles. The molecule has 3 atom stereocenters. The Labute approximate surface area is 129 Å². The molecule has 1 fully saturated rings. The van der Waals surface area contributed by atoms with E-state index >= 15 is 0 Å². The van der Waals surface area contributed by atoms with E-state index in [-0.39, 0.29) is 24.0 Å². The molecule has 2 amide bonds. The summed E-state index contributed by atoms with van der Waals surface area (Å²) in [4.78, 5) is 23.3. The minimum atomic E-state index is -0.442. The number of methoxy groups -OCH3 is 1. The Morgan fingerprint density at radius 3 is 2.62 bits per heavy atom. The molecule has 0 spiro atoms. The van der Waals surface area contributed by atoms with Crippen molar-refractivity contribution < 1.29 is 14.3 Å². The second-order valence-electron chi connectivity index (χ2n) is 5.16. The molecular formula is C15H19ClN2O3. The normalized spacial score (nSPS) is 20.7. The van der Waals surface area contributed by atoms with E-state index < -0.39 is 6.04 Å². The van der Waals surface area contributed by atoms with Crippen molar-refractivity contribution in [3.05, 3.63) is 34.9 Å². The molecule has 0 radical (unpaired) electrons. The lowest BCUT2D eigenvalue weighted by atomic mass is 10.0. The topological polar surface area (TPSA) is 67.4 Å². The summed E-state index contributed by atoms with van der Waals surface area (Å²) >= 11 is 5.87. The number of benzene rings is 1. The molecule has 1 saturated heterocycles. The summed E-state index contributed by atoms with van der Waals surface area (Å²) in [6.07, 6.45) is 0.663. The Morgan fingerprint density at radius 1 is 1.43 bits per heavy atom. The highest BCUT2D eigenvalue weighted by Crippen LogP contribution is 2.22. The van der Waals surface area contributed by atoms with E-state index in [0.717, 1.165) is 5.56 Å². The van der Waals surface area contributed by atoms with Crippen molar-refractivity contribution >= 4 is 23.4 Å². The van der Waals surface area contributed by atoms with Crippen LogP contribution in [-0.2, 0) is 14.3 Å². The largest absolute Gasteiger partial charge is 0.375 e. The Hall–Kier alpha value is -1.59. The van der Waals surface area contributed by atoms with Crippen LogP contribution in [0.5, 0.6) is 0 Å². The molecule has 0 bridgehead atoms. The van der Waals surface area contributed by atoms with Crippen LogP contribution in [0.4, 0.5) is 0 Å². The van der Waals surface area contributed by atoms with Crippen LogP contribution in [0, 0.1) is 0 Å². The summed E-state index contributed by atoms with van der Waals surface area (Å²) in [6.45, 7) is 1.87. The molecule has 1 aliphatic heterocycles. The fourth-order valence-corrected chi connectivity index (χ4v) is 2.62. The summed E-state index contributed by atoms with van der Waals surface area (Å²) in [5, 5.41) is 6.20. The van der Waals surface area contributed by atoms with Crippen molar-refractivity contribution in [2.75, 3.05) is 7.11 Å². The van der Waals surface area contributed by atoms with E-state index in [9.17, 15) is 9.59 Å². The molecule has 2 N–H and O–H groups in total. The van der Waals surface area contributed by atoms with Crippen LogP contribution in [0.25, 0.3) is 0 Å². The zero-order valence-electron chi connectivity index (χ0n) is 12.1. The standard InChI is InChI=1S/C15H19ClN2O3/c1-9(17-15(20)12-7-8-13(19)18-12)14(21-2)10-3-5-11(16)6-4-10/h3-6,9,12,14H,7-8H2,1-2H3,(H,17,20)(H,18,19). The van der Waals surface area contributed by atoms with E-state index in [2.05, 4.69) is 10.6 Å². The Kier molecular flexibility index (Phi) is 5.20. The van der Waals surface area contributed by atoms with Gasteiger partial charge in [-0.1, -0.05) is 23.7 Å². The molecule has 3 unspecified atom stereocenters. The van der Waals surface area contributed by atoms with Crippen LogP contribution < -0.4 is 10.6 Å². The fraction of sp³-hybridized carbons (Fsp3) is 0.467. The maximum atomic E-state index is 12.1. The first-order valence-corrected chi connectivity index (χ1v) is 7.27. The SMILES string of the molecule is COC(c1ccc(Cl)cc1)C(C)NC(=O)C1CCC(=O)N1. The first-order valence-electron chi connectivity index (χ1n) is 6.89. The van der Waals surface area contributed by atoms with Gasteiger partial charge < -0.3 is 15.4 Å². The number of hydrogen-bond acceptors (Lipinski definition) is 3. The third-order valence-corrected chi connectivity index (χ3v) is 3.84. The van der Waals surface area contributed by atoms with E-state index in [4.69, 9.17) is 16.3 Å². The smallest absolute Gasteiger partial charge is 0.242 e. The fourth-order valence-electron chi connectivity index (χ4n) is 2.49. The minimum absolute atomic E-state index is 0.0798. The van der Waals surface area contributed by atoms with Crippen LogP contribution in [0.1, 0.15) is 31.4 Å². The predicted octanol–water partition coefficient (Wildman–Crippen LogP) is 1.81. The van der Waals surface area contributed by atoms with Gasteiger partial charge in [-0.3, -0.25) is 9.59 Å². The maximum Gasteiger partial charge on any atom is 0.242 e. The highest BCUT2D eigenvalue weighted by Gasteiger charge is 2.29. The molecule has 21 heavy (non-hydrogen) atoms. The van der Waals surface area contributed by atoms with Crippen molar-refractivity contribution in [3.8, 4) is 0 Å². The quantitative estimate of drug-likeness (QED) is 0.871. The first-order chi connectivity index (χ1) is 10.0. The van der Waals surface area contributed by atoms with Gasteiger partial charge in [0.25, 0.3) is 0 Å². The lowest BCUT2D eigenvalue weighted by Gasteiger charge is -2.25. The predicted molar refractivity (Wildman–Crippen MR) is 80.0 cm³/mol. The van der Waals surface area contributed by atoms with Crippen LogP contribution in [0.3, 0.4) is 0 Å². The number of rotatable bonds is 5. The molecule has 2 rings (SSSR count). The lowest BCUT2D eigenvalue weighted by molar-refractivity contribution is -0.126. The summed E-state index contributed by atoms with van der Waals surface area (Å²) in [7, 11) is 1.60. The number of amides is 2. The zero-order chi connectivity index (χ0) is 15.4. The van der Waals surface area contributed by atoms with Gasteiger partial charge in [-0.25, -0.2) is 0 Å². The summed E-state index contributed by atoms with van der Waals surface area (Å²) in [6, 6.07) is 6.65. The average Bonchev–Trinajstić information content (AvgIpc) is 2.88. The number of nitrogens with one attached hydrogen (secondary N) is 2. The highest BCUT2D eigenvalue weighted by molar-refractivity contribution is 6.30. The highest BCUT2D eigenvalue weighted by atomic mass is 35.5. The van der Waals surface area contributed by atoms with Gasteiger partial charge in [-0.2, -0.15) is 0 Å². The van der Waals surface area contributed by atoms with Gasteiger partial charge in [0.2, 0.25) is 11.8 Å². The van der Waals surface area contributed by atoms with Gasteiger partial charge in [0.05, 0.1) is 6.04 Å². The van der Waals surface area contributed by atoms with Crippen LogP contribution in [0.15, 0.2) is 24.3 Å². The molecule has 6 heteroatoms. The van der Waals surface area contributed by atoms with E-state index in [0.29, 0.717) is 17.9 Å². The molecule has 0 aromatic heterocycles. The second-order valence-corrected chi connectivity index (χ2v) is 5.60. The molecule has 114 valence electrons. The minimum Gasteiger partial charge on any atom is -0.375 e.